The summed E-state index contributed by atoms with van der Waals surface area (Å²) >= 11 is 2.03. The molecule has 0 aromatic carbocycles. The summed E-state index contributed by atoms with van der Waals surface area (Å²) in [6, 6.07) is 3.05. The second-order valence-corrected chi connectivity index (χ2v) is 7.27. The van der Waals surface area contributed by atoms with Gasteiger partial charge in [0.2, 0.25) is 0 Å². The maximum atomic E-state index is 9.24. The Hall–Kier alpha value is -0.200. The van der Waals surface area contributed by atoms with Crippen LogP contribution in [0, 0.1) is 17.2 Å². The third-order valence-electron chi connectivity index (χ3n) is 3.49. The highest BCUT2D eigenvalue weighted by atomic mass is 32.2. The SMILES string of the molecule is CC(C)C(C)SCCCC(C)(C#N)NC1CC1. The van der Waals surface area contributed by atoms with E-state index in [2.05, 4.69) is 32.2 Å². The molecule has 1 saturated carbocycles. The molecule has 0 radical (unpaired) electrons. The molecule has 1 N–H and O–H groups in total. The summed E-state index contributed by atoms with van der Waals surface area (Å²) in [5.41, 5.74) is -0.303. The van der Waals surface area contributed by atoms with Crippen molar-refractivity contribution in [1.82, 2.24) is 5.32 Å². The van der Waals surface area contributed by atoms with Crippen LogP contribution in [-0.2, 0) is 0 Å². The second kappa shape index (κ2) is 6.66. The molecule has 1 aliphatic rings. The molecule has 17 heavy (non-hydrogen) atoms. The van der Waals surface area contributed by atoms with Crippen molar-refractivity contribution >= 4 is 11.8 Å². The lowest BCUT2D eigenvalue weighted by Crippen LogP contribution is -2.42. The minimum Gasteiger partial charge on any atom is -0.297 e. The van der Waals surface area contributed by atoms with Crippen LogP contribution < -0.4 is 5.32 Å². The van der Waals surface area contributed by atoms with Crippen LogP contribution in [0.3, 0.4) is 0 Å². The normalized spacial score (nSPS) is 20.9. The molecule has 1 rings (SSSR count). The lowest BCUT2D eigenvalue weighted by molar-refractivity contribution is 0.411. The predicted octanol–water partition coefficient (Wildman–Crippen LogP) is 3.58. The van der Waals surface area contributed by atoms with Gasteiger partial charge in [0, 0.05) is 11.3 Å². The molecule has 3 heteroatoms. The van der Waals surface area contributed by atoms with Crippen molar-refractivity contribution in [3.8, 4) is 6.07 Å². The zero-order valence-corrected chi connectivity index (χ0v) is 12.4. The smallest absolute Gasteiger partial charge is 0.104 e. The van der Waals surface area contributed by atoms with Gasteiger partial charge in [-0.05, 0) is 44.3 Å². The number of nitrogens with one attached hydrogen (secondary N) is 1. The quantitative estimate of drug-likeness (QED) is 0.673. The monoisotopic (exact) mass is 254 g/mol. The van der Waals surface area contributed by atoms with Crippen LogP contribution in [0.1, 0.15) is 53.4 Å². The summed E-state index contributed by atoms with van der Waals surface area (Å²) in [5.74, 6) is 1.91. The Kier molecular flexibility index (Phi) is 5.82. The number of rotatable bonds is 8. The Morgan fingerprint density at radius 3 is 2.53 bits per heavy atom. The number of hydrogen-bond acceptors (Lipinski definition) is 3. The topological polar surface area (TPSA) is 35.8 Å². The highest BCUT2D eigenvalue weighted by molar-refractivity contribution is 7.99. The number of thioether (sulfide) groups is 1. The van der Waals surface area contributed by atoms with Gasteiger partial charge in [-0.25, -0.2) is 0 Å². The third kappa shape index (κ3) is 5.79. The first-order valence-corrected chi connectivity index (χ1v) is 7.82. The van der Waals surface area contributed by atoms with Crippen LogP contribution in [0.4, 0.5) is 0 Å². The van der Waals surface area contributed by atoms with Crippen molar-refractivity contribution in [1.29, 1.82) is 5.26 Å². The van der Waals surface area contributed by atoms with Gasteiger partial charge in [-0.3, -0.25) is 5.32 Å². The molecule has 0 aromatic heterocycles. The van der Waals surface area contributed by atoms with Crippen molar-refractivity contribution < 1.29 is 0 Å². The van der Waals surface area contributed by atoms with Gasteiger partial charge in [0.05, 0.1) is 6.07 Å². The molecule has 2 atom stereocenters. The third-order valence-corrected chi connectivity index (χ3v) is 5.08. The van der Waals surface area contributed by atoms with Gasteiger partial charge in [-0.1, -0.05) is 20.8 Å². The molecular weight excluding hydrogens is 228 g/mol. The maximum Gasteiger partial charge on any atom is 0.104 e. The first kappa shape index (κ1) is 14.9. The molecule has 1 fully saturated rings. The Balaban J connectivity index is 2.17. The molecule has 0 spiro atoms. The fourth-order valence-electron chi connectivity index (χ4n) is 1.73. The van der Waals surface area contributed by atoms with Gasteiger partial charge in [0.1, 0.15) is 5.54 Å². The van der Waals surface area contributed by atoms with Gasteiger partial charge in [-0.2, -0.15) is 17.0 Å². The maximum absolute atomic E-state index is 9.24. The number of nitriles is 1. The van der Waals surface area contributed by atoms with E-state index in [1.165, 1.54) is 18.6 Å². The Bertz CT molecular complexity index is 268. The van der Waals surface area contributed by atoms with Crippen molar-refractivity contribution in [2.75, 3.05) is 5.75 Å². The zero-order chi connectivity index (χ0) is 12.9. The summed E-state index contributed by atoms with van der Waals surface area (Å²) in [5, 5.41) is 13.4. The minimum atomic E-state index is -0.303. The largest absolute Gasteiger partial charge is 0.297 e. The van der Waals surface area contributed by atoms with Crippen LogP contribution in [0.5, 0.6) is 0 Å². The van der Waals surface area contributed by atoms with Crippen molar-refractivity contribution in [3.05, 3.63) is 0 Å². The standard InChI is InChI=1S/C14H26N2S/c1-11(2)12(3)17-9-5-8-14(4,10-15)16-13-6-7-13/h11-13,16H,5-9H2,1-4H3. The number of hydrogen-bond donors (Lipinski definition) is 1. The lowest BCUT2D eigenvalue weighted by Gasteiger charge is -2.23. The second-order valence-electron chi connectivity index (χ2n) is 5.79. The van der Waals surface area contributed by atoms with E-state index in [1.54, 1.807) is 0 Å². The van der Waals surface area contributed by atoms with Crippen LogP contribution >= 0.6 is 11.8 Å². The van der Waals surface area contributed by atoms with Crippen LogP contribution in [0.25, 0.3) is 0 Å². The van der Waals surface area contributed by atoms with E-state index in [0.717, 1.165) is 24.0 Å². The van der Waals surface area contributed by atoms with E-state index >= 15 is 0 Å². The van der Waals surface area contributed by atoms with Crippen LogP contribution in [0.2, 0.25) is 0 Å². The molecule has 1 aliphatic carbocycles. The van der Waals surface area contributed by atoms with E-state index in [0.29, 0.717) is 6.04 Å². The van der Waals surface area contributed by atoms with E-state index in [-0.39, 0.29) is 5.54 Å². The van der Waals surface area contributed by atoms with E-state index < -0.39 is 0 Å². The Morgan fingerprint density at radius 1 is 1.41 bits per heavy atom. The molecule has 0 bridgehead atoms. The van der Waals surface area contributed by atoms with Crippen molar-refractivity contribution in [2.24, 2.45) is 5.92 Å². The fraction of sp³-hybridized carbons (Fsp3) is 0.929. The highest BCUT2D eigenvalue weighted by Crippen LogP contribution is 2.26. The average Bonchev–Trinajstić information content (AvgIpc) is 3.07. The van der Waals surface area contributed by atoms with Crippen molar-refractivity contribution in [3.63, 3.8) is 0 Å². The fourth-order valence-corrected chi connectivity index (χ4v) is 2.79. The van der Waals surface area contributed by atoms with E-state index in [1.807, 2.05) is 18.7 Å². The molecule has 98 valence electrons. The molecule has 0 heterocycles. The van der Waals surface area contributed by atoms with Gasteiger partial charge in [0.25, 0.3) is 0 Å². The van der Waals surface area contributed by atoms with Crippen LogP contribution in [-0.4, -0.2) is 22.6 Å². The molecule has 0 saturated heterocycles. The summed E-state index contributed by atoms with van der Waals surface area (Å²) in [6.07, 6.45) is 4.59. The summed E-state index contributed by atoms with van der Waals surface area (Å²) in [7, 11) is 0. The van der Waals surface area contributed by atoms with Crippen LogP contribution in [0.15, 0.2) is 0 Å². The van der Waals surface area contributed by atoms with E-state index in [4.69, 9.17) is 0 Å². The van der Waals surface area contributed by atoms with Gasteiger partial charge in [0.15, 0.2) is 0 Å². The number of nitrogens with zero attached hydrogens (tertiary/aromatic N) is 1. The van der Waals surface area contributed by atoms with Crippen molar-refractivity contribution in [2.45, 2.75) is 70.2 Å². The van der Waals surface area contributed by atoms with Gasteiger partial charge in [-0.15, -0.1) is 0 Å². The molecule has 0 aliphatic heterocycles. The van der Waals surface area contributed by atoms with E-state index in [9.17, 15) is 5.26 Å². The molecule has 0 amide bonds. The zero-order valence-electron chi connectivity index (χ0n) is 11.6. The predicted molar refractivity (Wildman–Crippen MR) is 76.2 cm³/mol. The Morgan fingerprint density at radius 2 is 2.06 bits per heavy atom. The summed E-state index contributed by atoms with van der Waals surface area (Å²) < 4.78 is 0. The minimum absolute atomic E-state index is 0.303. The highest BCUT2D eigenvalue weighted by Gasteiger charge is 2.31. The molecular formula is C14H26N2S. The summed E-state index contributed by atoms with van der Waals surface area (Å²) in [6.45, 7) is 8.88. The van der Waals surface area contributed by atoms with Gasteiger partial charge >= 0.3 is 0 Å². The van der Waals surface area contributed by atoms with Gasteiger partial charge < -0.3 is 0 Å². The molecule has 2 nitrogen and oxygen atoms in total. The first-order chi connectivity index (χ1) is 7.97. The first-order valence-electron chi connectivity index (χ1n) is 6.77. The summed E-state index contributed by atoms with van der Waals surface area (Å²) in [4.78, 5) is 0. The molecule has 2 unspecified atom stereocenters. The average molecular weight is 254 g/mol. The Labute approximate surface area is 111 Å². The lowest BCUT2D eigenvalue weighted by atomic mass is 9.98. The molecule has 0 aromatic rings.